The van der Waals surface area contributed by atoms with Gasteiger partial charge in [0.25, 0.3) is 0 Å². The van der Waals surface area contributed by atoms with E-state index in [1.807, 2.05) is 6.07 Å². The second kappa shape index (κ2) is 4.74. The van der Waals surface area contributed by atoms with E-state index in [4.69, 9.17) is 9.84 Å². The van der Waals surface area contributed by atoms with Crippen LogP contribution in [0.2, 0.25) is 0 Å². The Kier molecular flexibility index (Phi) is 3.34. The fourth-order valence-electron chi connectivity index (χ4n) is 2.09. The molecule has 1 heterocycles. The minimum Gasteiger partial charge on any atom is -0.508 e. The second-order valence-corrected chi connectivity index (χ2v) is 4.27. The SMILES string of the molecule is CCC1Cc2cc(O)c(CCCO)cc2O1. The highest BCUT2D eigenvalue weighted by molar-refractivity contribution is 5.48. The predicted octanol–water partition coefficient (Wildman–Crippen LogP) is 2.03. The van der Waals surface area contributed by atoms with Crippen molar-refractivity contribution >= 4 is 0 Å². The van der Waals surface area contributed by atoms with Crippen molar-refractivity contribution in [1.29, 1.82) is 0 Å². The number of aryl methyl sites for hydroxylation is 1. The molecule has 1 aromatic rings. The first kappa shape index (κ1) is 11.3. The van der Waals surface area contributed by atoms with Crippen LogP contribution in [-0.4, -0.2) is 22.9 Å². The van der Waals surface area contributed by atoms with Crippen LogP contribution in [0.5, 0.6) is 11.5 Å². The first-order valence-electron chi connectivity index (χ1n) is 5.87. The molecule has 0 spiro atoms. The molecule has 0 amide bonds. The van der Waals surface area contributed by atoms with Crippen LogP contribution in [0.15, 0.2) is 12.1 Å². The van der Waals surface area contributed by atoms with Crippen LogP contribution in [-0.2, 0) is 12.8 Å². The Morgan fingerprint density at radius 3 is 2.94 bits per heavy atom. The number of phenols is 1. The third-order valence-electron chi connectivity index (χ3n) is 3.06. The lowest BCUT2D eigenvalue weighted by Gasteiger charge is -2.08. The summed E-state index contributed by atoms with van der Waals surface area (Å²) in [7, 11) is 0. The number of rotatable bonds is 4. The second-order valence-electron chi connectivity index (χ2n) is 4.27. The standard InChI is InChI=1S/C13H18O3/c1-2-11-6-10-7-12(15)9(4-3-5-14)8-13(10)16-11/h7-8,11,14-15H,2-6H2,1H3. The number of ether oxygens (including phenoxy) is 1. The Hall–Kier alpha value is -1.22. The van der Waals surface area contributed by atoms with Gasteiger partial charge in [0.2, 0.25) is 0 Å². The molecule has 0 fully saturated rings. The van der Waals surface area contributed by atoms with Crippen molar-refractivity contribution < 1.29 is 14.9 Å². The molecule has 1 aliphatic heterocycles. The number of fused-ring (bicyclic) bond motifs is 1. The third-order valence-corrected chi connectivity index (χ3v) is 3.06. The van der Waals surface area contributed by atoms with Gasteiger partial charge in [-0.2, -0.15) is 0 Å². The summed E-state index contributed by atoms with van der Waals surface area (Å²) in [5.74, 6) is 1.23. The number of aliphatic hydroxyl groups excluding tert-OH is 1. The van der Waals surface area contributed by atoms with Crippen LogP contribution in [0.4, 0.5) is 0 Å². The molecule has 1 aliphatic rings. The maximum absolute atomic E-state index is 9.82. The van der Waals surface area contributed by atoms with Crippen molar-refractivity contribution in [2.75, 3.05) is 6.61 Å². The van der Waals surface area contributed by atoms with Gasteiger partial charge in [-0.25, -0.2) is 0 Å². The van der Waals surface area contributed by atoms with Crippen molar-refractivity contribution in [2.45, 2.75) is 38.7 Å². The lowest BCUT2D eigenvalue weighted by molar-refractivity contribution is 0.228. The van der Waals surface area contributed by atoms with Gasteiger partial charge in [0.1, 0.15) is 17.6 Å². The van der Waals surface area contributed by atoms with E-state index in [1.54, 1.807) is 6.07 Å². The topological polar surface area (TPSA) is 49.7 Å². The molecule has 0 aromatic heterocycles. The first-order chi connectivity index (χ1) is 7.74. The molecular weight excluding hydrogens is 204 g/mol. The summed E-state index contributed by atoms with van der Waals surface area (Å²) in [6.07, 6.45) is 3.49. The largest absolute Gasteiger partial charge is 0.508 e. The lowest BCUT2D eigenvalue weighted by atomic mass is 10.0. The average Bonchev–Trinajstić information content (AvgIpc) is 2.67. The molecule has 88 valence electrons. The number of aromatic hydroxyl groups is 1. The number of hydrogen-bond donors (Lipinski definition) is 2. The summed E-state index contributed by atoms with van der Waals surface area (Å²) < 4.78 is 5.76. The smallest absolute Gasteiger partial charge is 0.123 e. The van der Waals surface area contributed by atoms with E-state index in [9.17, 15) is 5.11 Å². The Labute approximate surface area is 95.7 Å². The van der Waals surface area contributed by atoms with E-state index in [1.165, 1.54) is 0 Å². The molecule has 3 heteroatoms. The molecule has 0 saturated carbocycles. The molecule has 0 saturated heterocycles. The highest BCUT2D eigenvalue weighted by Gasteiger charge is 2.22. The Bertz CT molecular complexity index is 373. The normalized spacial score (nSPS) is 18.2. The molecule has 16 heavy (non-hydrogen) atoms. The minimum atomic E-state index is 0.148. The number of aliphatic hydroxyl groups is 1. The van der Waals surface area contributed by atoms with Crippen molar-refractivity contribution in [3.05, 3.63) is 23.3 Å². The number of benzene rings is 1. The molecule has 2 rings (SSSR count). The summed E-state index contributed by atoms with van der Waals surface area (Å²) in [6.45, 7) is 2.25. The van der Waals surface area contributed by atoms with Crippen LogP contribution >= 0.6 is 0 Å². The van der Waals surface area contributed by atoms with Gasteiger partial charge in [-0.15, -0.1) is 0 Å². The van der Waals surface area contributed by atoms with E-state index in [0.717, 1.165) is 29.7 Å². The molecule has 1 atom stereocenters. The maximum atomic E-state index is 9.82. The van der Waals surface area contributed by atoms with Crippen molar-refractivity contribution in [3.8, 4) is 11.5 Å². The highest BCUT2D eigenvalue weighted by Crippen LogP contribution is 2.35. The number of hydrogen-bond acceptors (Lipinski definition) is 3. The van der Waals surface area contributed by atoms with Gasteiger partial charge in [0.15, 0.2) is 0 Å². The molecule has 1 unspecified atom stereocenters. The van der Waals surface area contributed by atoms with E-state index < -0.39 is 0 Å². The number of phenolic OH excluding ortho intramolecular Hbond substituents is 1. The van der Waals surface area contributed by atoms with E-state index in [2.05, 4.69) is 6.92 Å². The lowest BCUT2D eigenvalue weighted by Crippen LogP contribution is -2.10. The first-order valence-corrected chi connectivity index (χ1v) is 5.87. The molecule has 1 aromatic carbocycles. The zero-order chi connectivity index (χ0) is 11.5. The Balaban J connectivity index is 2.19. The van der Waals surface area contributed by atoms with Crippen LogP contribution in [0.3, 0.4) is 0 Å². The fraction of sp³-hybridized carbons (Fsp3) is 0.538. The van der Waals surface area contributed by atoms with Gasteiger partial charge in [-0.1, -0.05) is 6.92 Å². The maximum Gasteiger partial charge on any atom is 0.123 e. The molecular formula is C13H18O3. The predicted molar refractivity (Wildman–Crippen MR) is 61.9 cm³/mol. The van der Waals surface area contributed by atoms with Crippen molar-refractivity contribution in [2.24, 2.45) is 0 Å². The zero-order valence-corrected chi connectivity index (χ0v) is 9.57. The molecule has 0 aliphatic carbocycles. The minimum absolute atomic E-state index is 0.148. The van der Waals surface area contributed by atoms with Gasteiger partial charge in [0.05, 0.1) is 0 Å². The van der Waals surface area contributed by atoms with Gasteiger partial charge in [-0.05, 0) is 37.0 Å². The monoisotopic (exact) mass is 222 g/mol. The van der Waals surface area contributed by atoms with Crippen LogP contribution in [0, 0.1) is 0 Å². The summed E-state index contributed by atoms with van der Waals surface area (Å²) in [6, 6.07) is 3.72. The summed E-state index contributed by atoms with van der Waals surface area (Å²) in [5, 5.41) is 18.6. The highest BCUT2D eigenvalue weighted by atomic mass is 16.5. The van der Waals surface area contributed by atoms with Gasteiger partial charge in [0, 0.05) is 18.6 Å². The summed E-state index contributed by atoms with van der Waals surface area (Å²) in [4.78, 5) is 0. The molecule has 0 radical (unpaired) electrons. The molecule has 2 N–H and O–H groups in total. The van der Waals surface area contributed by atoms with E-state index in [-0.39, 0.29) is 12.7 Å². The van der Waals surface area contributed by atoms with Crippen LogP contribution in [0.1, 0.15) is 30.9 Å². The molecule has 3 nitrogen and oxygen atoms in total. The van der Waals surface area contributed by atoms with Crippen molar-refractivity contribution in [3.63, 3.8) is 0 Å². The quantitative estimate of drug-likeness (QED) is 0.819. The zero-order valence-electron chi connectivity index (χ0n) is 9.57. The summed E-state index contributed by atoms with van der Waals surface area (Å²) >= 11 is 0. The molecule has 0 bridgehead atoms. The van der Waals surface area contributed by atoms with Crippen LogP contribution < -0.4 is 4.74 Å². The van der Waals surface area contributed by atoms with E-state index >= 15 is 0 Å². The third kappa shape index (κ3) is 2.14. The van der Waals surface area contributed by atoms with E-state index in [0.29, 0.717) is 18.6 Å². The van der Waals surface area contributed by atoms with Gasteiger partial charge >= 0.3 is 0 Å². The fourth-order valence-corrected chi connectivity index (χ4v) is 2.09. The van der Waals surface area contributed by atoms with Gasteiger partial charge < -0.3 is 14.9 Å². The summed E-state index contributed by atoms with van der Waals surface area (Å²) in [5.41, 5.74) is 1.96. The van der Waals surface area contributed by atoms with Crippen molar-refractivity contribution in [1.82, 2.24) is 0 Å². The average molecular weight is 222 g/mol. The van der Waals surface area contributed by atoms with Gasteiger partial charge in [-0.3, -0.25) is 0 Å². The Morgan fingerprint density at radius 1 is 1.44 bits per heavy atom. The Morgan fingerprint density at radius 2 is 2.25 bits per heavy atom. The van der Waals surface area contributed by atoms with Crippen LogP contribution in [0.25, 0.3) is 0 Å².